The second-order valence-electron chi connectivity index (χ2n) is 4.66. The van der Waals surface area contributed by atoms with E-state index >= 15 is 0 Å². The van der Waals surface area contributed by atoms with Crippen LogP contribution in [0.15, 0.2) is 54.7 Å². The Morgan fingerprint density at radius 2 is 2.00 bits per heavy atom. The molecule has 1 aromatic carbocycles. The lowest BCUT2D eigenvalue weighted by atomic mass is 10.1. The molecule has 0 aliphatic rings. The van der Waals surface area contributed by atoms with E-state index in [1.54, 1.807) is 42.6 Å². The normalized spacial score (nSPS) is 12.0. The molecule has 1 atom stereocenters. The van der Waals surface area contributed by atoms with Crippen molar-refractivity contribution in [2.24, 2.45) is 0 Å². The van der Waals surface area contributed by atoms with Crippen molar-refractivity contribution in [3.8, 4) is 0 Å². The zero-order chi connectivity index (χ0) is 15.8. The number of amides is 1. The summed E-state index contributed by atoms with van der Waals surface area (Å²) < 4.78 is 0. The third-order valence-electron chi connectivity index (χ3n) is 2.94. The number of carbonyl (C=O) groups excluding carboxylic acids is 2. The third-order valence-corrected chi connectivity index (χ3v) is 3.20. The van der Waals surface area contributed by atoms with Crippen LogP contribution in [0.5, 0.6) is 0 Å². The summed E-state index contributed by atoms with van der Waals surface area (Å²) in [5, 5.41) is 3.27. The van der Waals surface area contributed by atoms with E-state index in [0.717, 1.165) is 11.3 Å². The van der Waals surface area contributed by atoms with Gasteiger partial charge in [-0.2, -0.15) is 0 Å². The molecule has 2 rings (SSSR count). The maximum absolute atomic E-state index is 11.8. The Morgan fingerprint density at radius 3 is 2.64 bits per heavy atom. The predicted molar refractivity (Wildman–Crippen MR) is 86.4 cm³/mol. The minimum absolute atomic E-state index is 0.331. The fourth-order valence-electron chi connectivity index (χ4n) is 1.85. The van der Waals surface area contributed by atoms with E-state index in [1.807, 2.05) is 12.1 Å². The Hall–Kier alpha value is -2.46. The van der Waals surface area contributed by atoms with Crippen molar-refractivity contribution in [2.75, 3.05) is 0 Å². The van der Waals surface area contributed by atoms with Gasteiger partial charge in [-0.05, 0) is 35.9 Å². The number of benzene rings is 1. The largest absolute Gasteiger partial charge is 0.343 e. The van der Waals surface area contributed by atoms with Gasteiger partial charge < -0.3 is 10.1 Å². The van der Waals surface area contributed by atoms with Gasteiger partial charge in [0.15, 0.2) is 0 Å². The summed E-state index contributed by atoms with van der Waals surface area (Å²) >= 11 is 5.79. The zero-order valence-electron chi connectivity index (χ0n) is 11.8. The van der Waals surface area contributed by atoms with Crippen molar-refractivity contribution >= 4 is 29.9 Å². The molecule has 1 amide bonds. The minimum Gasteiger partial charge on any atom is -0.343 e. The van der Waals surface area contributed by atoms with E-state index in [1.165, 1.54) is 6.08 Å². The fraction of sp³-hybridized carbons (Fsp3) is 0.118. The molecular formula is C17H15ClN2O2. The summed E-state index contributed by atoms with van der Waals surface area (Å²) in [5.74, 6) is -0.331. The molecule has 1 unspecified atom stereocenters. The number of nitrogens with zero attached hydrogens (tertiary/aromatic N) is 1. The average molecular weight is 315 g/mol. The number of aldehydes is 1. The van der Waals surface area contributed by atoms with Crippen LogP contribution in [0.4, 0.5) is 0 Å². The molecule has 1 aromatic heterocycles. The van der Waals surface area contributed by atoms with Gasteiger partial charge in [0, 0.05) is 29.4 Å². The number of rotatable bonds is 6. The zero-order valence-corrected chi connectivity index (χ0v) is 12.5. The highest BCUT2D eigenvalue weighted by Crippen LogP contribution is 2.10. The molecule has 0 bridgehead atoms. The summed E-state index contributed by atoms with van der Waals surface area (Å²) in [7, 11) is 0. The number of hydrogen-bond donors (Lipinski definition) is 1. The van der Waals surface area contributed by atoms with Crippen LogP contribution in [0.25, 0.3) is 6.08 Å². The SMILES string of the molecule is O=CC(Cc1ccccn1)NC(=O)/C=C/c1ccc(Cl)cc1. The predicted octanol–water partition coefficient (Wildman–Crippen LogP) is 2.67. The van der Waals surface area contributed by atoms with Crippen molar-refractivity contribution in [2.45, 2.75) is 12.5 Å². The summed E-state index contributed by atoms with van der Waals surface area (Å²) in [5.41, 5.74) is 1.61. The molecule has 0 radical (unpaired) electrons. The molecule has 0 aliphatic heterocycles. The molecule has 112 valence electrons. The Morgan fingerprint density at radius 1 is 1.23 bits per heavy atom. The number of pyridine rings is 1. The van der Waals surface area contributed by atoms with Crippen LogP contribution in [0, 0.1) is 0 Å². The molecule has 0 spiro atoms. The molecule has 5 heteroatoms. The quantitative estimate of drug-likeness (QED) is 0.659. The lowest BCUT2D eigenvalue weighted by Crippen LogP contribution is -2.36. The molecule has 0 aliphatic carbocycles. The summed E-state index contributed by atoms with van der Waals surface area (Å²) in [6, 6.07) is 11.9. The monoisotopic (exact) mass is 314 g/mol. The first-order valence-electron chi connectivity index (χ1n) is 6.77. The number of carbonyl (C=O) groups is 2. The van der Waals surface area contributed by atoms with Gasteiger partial charge in [0.25, 0.3) is 0 Å². The third kappa shape index (κ3) is 5.14. The van der Waals surface area contributed by atoms with Gasteiger partial charge in [-0.15, -0.1) is 0 Å². The highest BCUT2D eigenvalue weighted by Gasteiger charge is 2.10. The molecule has 1 heterocycles. The van der Waals surface area contributed by atoms with Gasteiger partial charge in [0.05, 0.1) is 6.04 Å². The molecule has 0 saturated carbocycles. The second-order valence-corrected chi connectivity index (χ2v) is 5.10. The van der Waals surface area contributed by atoms with E-state index in [2.05, 4.69) is 10.3 Å². The molecule has 2 aromatic rings. The van der Waals surface area contributed by atoms with E-state index in [4.69, 9.17) is 11.6 Å². The summed E-state index contributed by atoms with van der Waals surface area (Å²) in [4.78, 5) is 27.0. The van der Waals surface area contributed by atoms with Crippen LogP contribution >= 0.6 is 11.6 Å². The van der Waals surface area contributed by atoms with Crippen LogP contribution in [0.3, 0.4) is 0 Å². The first-order chi connectivity index (χ1) is 10.7. The van der Waals surface area contributed by atoms with Gasteiger partial charge in [-0.3, -0.25) is 9.78 Å². The Labute approximate surface area is 133 Å². The minimum atomic E-state index is -0.600. The summed E-state index contributed by atoms with van der Waals surface area (Å²) in [6.45, 7) is 0. The van der Waals surface area contributed by atoms with Crippen LogP contribution in [0.2, 0.25) is 5.02 Å². The van der Waals surface area contributed by atoms with Crippen molar-refractivity contribution in [3.05, 3.63) is 71.0 Å². The maximum atomic E-state index is 11.8. The first-order valence-corrected chi connectivity index (χ1v) is 7.14. The second kappa shape index (κ2) is 8.10. The fourth-order valence-corrected chi connectivity index (χ4v) is 1.98. The van der Waals surface area contributed by atoms with E-state index < -0.39 is 6.04 Å². The molecular weight excluding hydrogens is 300 g/mol. The van der Waals surface area contributed by atoms with Gasteiger partial charge in [-0.25, -0.2) is 0 Å². The van der Waals surface area contributed by atoms with Gasteiger partial charge in [-0.1, -0.05) is 29.8 Å². The van der Waals surface area contributed by atoms with Crippen LogP contribution < -0.4 is 5.32 Å². The molecule has 1 N–H and O–H groups in total. The van der Waals surface area contributed by atoms with Crippen molar-refractivity contribution in [3.63, 3.8) is 0 Å². The lowest BCUT2D eigenvalue weighted by molar-refractivity contribution is -0.120. The Bertz CT molecular complexity index is 654. The topological polar surface area (TPSA) is 59.1 Å². The van der Waals surface area contributed by atoms with E-state index in [-0.39, 0.29) is 5.91 Å². The standard InChI is InChI=1S/C17H15ClN2O2/c18-14-7-4-13(5-8-14)6-9-17(22)20-16(12-21)11-15-3-1-2-10-19-15/h1-10,12,16H,11H2,(H,20,22)/b9-6+. The van der Waals surface area contributed by atoms with Gasteiger partial charge in [0.2, 0.25) is 5.91 Å². The number of aromatic nitrogens is 1. The molecule has 0 fully saturated rings. The highest BCUT2D eigenvalue weighted by molar-refractivity contribution is 6.30. The van der Waals surface area contributed by atoms with Crippen LogP contribution in [-0.4, -0.2) is 23.2 Å². The summed E-state index contributed by atoms with van der Waals surface area (Å²) in [6.07, 6.45) is 5.78. The van der Waals surface area contributed by atoms with Crippen molar-refractivity contribution < 1.29 is 9.59 Å². The maximum Gasteiger partial charge on any atom is 0.244 e. The highest BCUT2D eigenvalue weighted by atomic mass is 35.5. The number of hydrogen-bond acceptors (Lipinski definition) is 3. The molecule has 4 nitrogen and oxygen atoms in total. The smallest absolute Gasteiger partial charge is 0.244 e. The van der Waals surface area contributed by atoms with Gasteiger partial charge in [0.1, 0.15) is 6.29 Å². The molecule has 22 heavy (non-hydrogen) atoms. The Balaban J connectivity index is 1.91. The molecule has 0 saturated heterocycles. The van der Waals surface area contributed by atoms with Crippen LogP contribution in [0.1, 0.15) is 11.3 Å². The number of nitrogens with one attached hydrogen (secondary N) is 1. The van der Waals surface area contributed by atoms with Crippen molar-refractivity contribution in [1.82, 2.24) is 10.3 Å². The first kappa shape index (κ1) is 15.9. The van der Waals surface area contributed by atoms with Gasteiger partial charge >= 0.3 is 0 Å². The van der Waals surface area contributed by atoms with E-state index in [9.17, 15) is 9.59 Å². The lowest BCUT2D eigenvalue weighted by Gasteiger charge is -2.10. The van der Waals surface area contributed by atoms with Crippen molar-refractivity contribution in [1.29, 1.82) is 0 Å². The Kier molecular flexibility index (Phi) is 5.86. The van der Waals surface area contributed by atoms with E-state index in [0.29, 0.717) is 17.7 Å². The number of halogens is 1. The average Bonchev–Trinajstić information content (AvgIpc) is 2.54. The van der Waals surface area contributed by atoms with Crippen LogP contribution in [-0.2, 0) is 16.0 Å².